The van der Waals surface area contributed by atoms with E-state index in [1.165, 1.54) is 4.90 Å². The van der Waals surface area contributed by atoms with Gasteiger partial charge < -0.3 is 11.1 Å². The molecule has 3 N–H and O–H groups in total. The molecule has 5 nitrogen and oxygen atoms in total. The Bertz CT molecular complexity index is 577. The maximum Gasteiger partial charge on any atom is 0.328 e. The van der Waals surface area contributed by atoms with Crippen molar-refractivity contribution in [3.05, 3.63) is 24.3 Å². The number of hydrogen-bond acceptors (Lipinski definition) is 3. The minimum Gasteiger partial charge on any atom is -0.399 e. The van der Waals surface area contributed by atoms with E-state index in [-0.39, 0.29) is 11.9 Å². The number of urea groups is 1. The molecule has 5 heteroatoms. The lowest BCUT2D eigenvalue weighted by Crippen LogP contribution is -2.61. The molecular weight excluding hydrogens is 266 g/mol. The van der Waals surface area contributed by atoms with Crippen molar-refractivity contribution in [1.82, 2.24) is 5.32 Å². The van der Waals surface area contributed by atoms with Crippen LogP contribution in [-0.2, 0) is 4.79 Å². The van der Waals surface area contributed by atoms with Crippen LogP contribution in [0.3, 0.4) is 0 Å². The third-order valence-corrected chi connectivity index (χ3v) is 4.80. The highest BCUT2D eigenvalue weighted by molar-refractivity contribution is 6.18. The number of imide groups is 1. The quantitative estimate of drug-likeness (QED) is 0.779. The topological polar surface area (TPSA) is 75.4 Å². The van der Waals surface area contributed by atoms with Crippen LogP contribution in [0.5, 0.6) is 0 Å². The van der Waals surface area contributed by atoms with E-state index in [9.17, 15) is 9.59 Å². The van der Waals surface area contributed by atoms with E-state index in [4.69, 9.17) is 5.73 Å². The van der Waals surface area contributed by atoms with Crippen molar-refractivity contribution in [3.63, 3.8) is 0 Å². The van der Waals surface area contributed by atoms with Crippen LogP contribution in [0, 0.1) is 11.3 Å². The maximum atomic E-state index is 13.0. The van der Waals surface area contributed by atoms with E-state index in [2.05, 4.69) is 12.2 Å². The normalized spacial score (nSPS) is 29.6. The zero-order valence-corrected chi connectivity index (χ0v) is 12.3. The summed E-state index contributed by atoms with van der Waals surface area (Å²) in [4.78, 5) is 26.4. The highest BCUT2D eigenvalue weighted by Gasteiger charge is 2.48. The average molecular weight is 287 g/mol. The largest absolute Gasteiger partial charge is 0.399 e. The van der Waals surface area contributed by atoms with Gasteiger partial charge in [0, 0.05) is 12.2 Å². The van der Waals surface area contributed by atoms with Gasteiger partial charge in [-0.25, -0.2) is 9.69 Å². The van der Waals surface area contributed by atoms with Gasteiger partial charge in [-0.15, -0.1) is 0 Å². The molecule has 2 aliphatic rings. The van der Waals surface area contributed by atoms with Gasteiger partial charge in [0.25, 0.3) is 0 Å². The number of nitrogen functional groups attached to an aromatic ring is 1. The summed E-state index contributed by atoms with van der Waals surface area (Å²) in [5, 5.41) is 2.88. The summed E-state index contributed by atoms with van der Waals surface area (Å²) >= 11 is 0. The Labute approximate surface area is 124 Å². The predicted molar refractivity (Wildman–Crippen MR) is 81.8 cm³/mol. The molecule has 0 bridgehead atoms. The predicted octanol–water partition coefficient (Wildman–Crippen LogP) is 2.52. The number of amides is 3. The Morgan fingerprint density at radius 3 is 2.67 bits per heavy atom. The molecule has 0 aromatic heterocycles. The number of rotatable bonds is 1. The zero-order valence-electron chi connectivity index (χ0n) is 12.3. The molecule has 1 heterocycles. The van der Waals surface area contributed by atoms with Gasteiger partial charge in [-0.05, 0) is 49.8 Å². The fraction of sp³-hybridized carbons (Fsp3) is 0.500. The highest BCUT2D eigenvalue weighted by atomic mass is 16.2. The molecule has 0 radical (unpaired) electrons. The van der Waals surface area contributed by atoms with Crippen molar-refractivity contribution >= 4 is 23.3 Å². The first kappa shape index (κ1) is 13.9. The van der Waals surface area contributed by atoms with Crippen LogP contribution >= 0.6 is 0 Å². The van der Waals surface area contributed by atoms with Crippen LogP contribution in [-0.4, -0.2) is 18.5 Å². The summed E-state index contributed by atoms with van der Waals surface area (Å²) in [5.41, 5.74) is 6.43. The third kappa shape index (κ3) is 2.37. The third-order valence-electron chi connectivity index (χ3n) is 4.80. The number of nitrogens with zero attached hydrogens (tertiary/aromatic N) is 1. The van der Waals surface area contributed by atoms with E-state index in [1.54, 1.807) is 24.3 Å². The van der Waals surface area contributed by atoms with Crippen molar-refractivity contribution in [2.24, 2.45) is 11.3 Å². The van der Waals surface area contributed by atoms with Gasteiger partial charge in [-0.2, -0.15) is 0 Å². The first-order valence-corrected chi connectivity index (χ1v) is 7.50. The first-order chi connectivity index (χ1) is 10.0. The molecule has 0 unspecified atom stereocenters. The van der Waals surface area contributed by atoms with E-state index in [0.717, 1.165) is 25.7 Å². The minimum atomic E-state index is -0.439. The van der Waals surface area contributed by atoms with Crippen molar-refractivity contribution < 1.29 is 9.59 Å². The molecule has 0 atom stereocenters. The number of nitrogens with two attached hydrogens (primary N) is 1. The Morgan fingerprint density at radius 2 is 2.00 bits per heavy atom. The van der Waals surface area contributed by atoms with Crippen molar-refractivity contribution in [3.8, 4) is 0 Å². The van der Waals surface area contributed by atoms with E-state index < -0.39 is 5.41 Å². The molecule has 3 rings (SSSR count). The number of nitrogens with one attached hydrogen (secondary N) is 1. The van der Waals surface area contributed by atoms with Crippen LogP contribution in [0.25, 0.3) is 0 Å². The van der Waals surface area contributed by atoms with Crippen LogP contribution in [0.2, 0.25) is 0 Å². The van der Waals surface area contributed by atoms with E-state index in [1.807, 2.05) is 0 Å². The molecule has 1 aliphatic heterocycles. The van der Waals surface area contributed by atoms with E-state index in [0.29, 0.717) is 23.8 Å². The lowest BCUT2D eigenvalue weighted by molar-refractivity contribution is -0.130. The van der Waals surface area contributed by atoms with E-state index >= 15 is 0 Å². The van der Waals surface area contributed by atoms with Crippen LogP contribution < -0.4 is 16.0 Å². The van der Waals surface area contributed by atoms with Crippen molar-refractivity contribution in [2.75, 3.05) is 17.2 Å². The van der Waals surface area contributed by atoms with Gasteiger partial charge in [-0.3, -0.25) is 4.79 Å². The second-order valence-corrected chi connectivity index (χ2v) is 6.36. The Morgan fingerprint density at radius 1 is 1.29 bits per heavy atom. The monoisotopic (exact) mass is 287 g/mol. The molecule has 1 aliphatic carbocycles. The summed E-state index contributed by atoms with van der Waals surface area (Å²) in [6, 6.07) is 6.57. The van der Waals surface area contributed by atoms with Crippen molar-refractivity contribution in [2.45, 2.75) is 32.6 Å². The molecule has 1 spiro atoms. The van der Waals surface area contributed by atoms with Crippen LogP contribution in [0.1, 0.15) is 32.6 Å². The summed E-state index contributed by atoms with van der Waals surface area (Å²) in [6.07, 6.45) is 3.75. The number of benzene rings is 1. The molecule has 1 aromatic rings. The fourth-order valence-corrected chi connectivity index (χ4v) is 3.33. The molecular formula is C16H21N3O2. The van der Waals surface area contributed by atoms with Crippen LogP contribution in [0.15, 0.2) is 24.3 Å². The lowest BCUT2D eigenvalue weighted by atomic mass is 9.69. The summed E-state index contributed by atoms with van der Waals surface area (Å²) in [5.74, 6) is 0.575. The SMILES string of the molecule is CC1CCC2(CC1)CNC(=O)N(c1cccc(N)c1)C2=O. The summed E-state index contributed by atoms with van der Waals surface area (Å²) in [7, 11) is 0. The van der Waals surface area contributed by atoms with Crippen LogP contribution in [0.4, 0.5) is 16.2 Å². The average Bonchev–Trinajstić information content (AvgIpc) is 2.46. The molecule has 3 amide bonds. The smallest absolute Gasteiger partial charge is 0.328 e. The molecule has 1 saturated carbocycles. The van der Waals surface area contributed by atoms with Gasteiger partial charge in [0.2, 0.25) is 5.91 Å². The maximum absolute atomic E-state index is 13.0. The van der Waals surface area contributed by atoms with Gasteiger partial charge in [0.05, 0.1) is 11.1 Å². The van der Waals surface area contributed by atoms with Gasteiger partial charge in [0.1, 0.15) is 0 Å². The number of carbonyl (C=O) groups is 2. The Kier molecular flexibility index (Phi) is 3.35. The second kappa shape index (κ2) is 5.06. The van der Waals surface area contributed by atoms with Crippen molar-refractivity contribution in [1.29, 1.82) is 0 Å². The summed E-state index contributed by atoms with van der Waals surface area (Å²) in [6.45, 7) is 2.67. The Balaban J connectivity index is 1.93. The molecule has 112 valence electrons. The standard InChI is InChI=1S/C16H21N3O2/c1-11-5-7-16(8-6-11)10-18-15(21)19(14(16)20)13-4-2-3-12(17)9-13/h2-4,9,11H,5-8,10,17H2,1H3,(H,18,21). The zero-order chi connectivity index (χ0) is 15.0. The number of anilines is 2. The fourth-order valence-electron chi connectivity index (χ4n) is 3.33. The number of hydrogen-bond donors (Lipinski definition) is 2. The summed E-state index contributed by atoms with van der Waals surface area (Å²) < 4.78 is 0. The Hall–Kier alpha value is -2.04. The molecule has 1 saturated heterocycles. The van der Waals surface area contributed by atoms with Gasteiger partial charge >= 0.3 is 6.03 Å². The lowest BCUT2D eigenvalue weighted by Gasteiger charge is -2.44. The molecule has 1 aromatic carbocycles. The van der Waals surface area contributed by atoms with Gasteiger partial charge in [0.15, 0.2) is 0 Å². The number of carbonyl (C=O) groups excluding carboxylic acids is 2. The first-order valence-electron chi connectivity index (χ1n) is 7.50. The molecule has 2 fully saturated rings. The highest BCUT2D eigenvalue weighted by Crippen LogP contribution is 2.42. The second-order valence-electron chi connectivity index (χ2n) is 6.36. The van der Waals surface area contributed by atoms with Gasteiger partial charge in [-0.1, -0.05) is 13.0 Å². The minimum absolute atomic E-state index is 0.0799. The molecule has 21 heavy (non-hydrogen) atoms.